The molecule has 0 aliphatic carbocycles. The van der Waals surface area contributed by atoms with Crippen molar-refractivity contribution in [3.63, 3.8) is 0 Å². The Labute approximate surface area is 109 Å². The van der Waals surface area contributed by atoms with Crippen molar-refractivity contribution >= 4 is 5.97 Å². The number of imidazole rings is 1. The average Bonchev–Trinajstić information content (AvgIpc) is 2.83. The molecule has 0 saturated heterocycles. The zero-order valence-electron chi connectivity index (χ0n) is 10.4. The van der Waals surface area contributed by atoms with Gasteiger partial charge in [-0.3, -0.25) is 0 Å². The minimum atomic E-state index is -1.03. The van der Waals surface area contributed by atoms with E-state index in [9.17, 15) is 9.90 Å². The van der Waals surface area contributed by atoms with Gasteiger partial charge in [0, 0.05) is 44.5 Å². The molecule has 0 bridgehead atoms. The lowest BCUT2D eigenvalue weighted by molar-refractivity contribution is 0.0688. The van der Waals surface area contributed by atoms with E-state index < -0.39 is 5.97 Å². The van der Waals surface area contributed by atoms with E-state index in [1.807, 2.05) is 7.05 Å². The van der Waals surface area contributed by atoms with Gasteiger partial charge < -0.3 is 15.0 Å². The van der Waals surface area contributed by atoms with E-state index in [1.165, 1.54) is 0 Å². The lowest BCUT2D eigenvalue weighted by atomic mass is 10.1. The topological polar surface area (TPSA) is 92.9 Å². The van der Waals surface area contributed by atoms with Crippen molar-refractivity contribution in [1.29, 1.82) is 0 Å². The number of aromatic nitrogens is 4. The van der Waals surface area contributed by atoms with Crippen LogP contribution in [0.4, 0.5) is 0 Å². The molecule has 2 aromatic rings. The van der Waals surface area contributed by atoms with Gasteiger partial charge in [-0.15, -0.1) is 0 Å². The van der Waals surface area contributed by atoms with E-state index >= 15 is 0 Å². The van der Waals surface area contributed by atoms with Crippen molar-refractivity contribution in [3.05, 3.63) is 29.3 Å². The van der Waals surface area contributed by atoms with Gasteiger partial charge in [0.1, 0.15) is 0 Å². The first-order valence-corrected chi connectivity index (χ1v) is 5.98. The summed E-state index contributed by atoms with van der Waals surface area (Å²) in [7, 11) is 1.83. The van der Waals surface area contributed by atoms with Crippen molar-refractivity contribution < 1.29 is 9.90 Å². The molecule has 0 fully saturated rings. The van der Waals surface area contributed by atoms with Crippen LogP contribution in [0.3, 0.4) is 0 Å². The molecule has 1 aliphatic heterocycles. The zero-order valence-corrected chi connectivity index (χ0v) is 10.4. The summed E-state index contributed by atoms with van der Waals surface area (Å²) >= 11 is 0. The van der Waals surface area contributed by atoms with Gasteiger partial charge in [-0.1, -0.05) is 0 Å². The Hall–Kier alpha value is -2.28. The molecular weight excluding hydrogens is 246 g/mol. The number of fused-ring (bicyclic) bond motifs is 1. The molecule has 0 unspecified atom stereocenters. The first-order chi connectivity index (χ1) is 9.16. The zero-order chi connectivity index (χ0) is 13.4. The number of rotatable bonds is 2. The number of carboxylic acids is 1. The Morgan fingerprint density at radius 3 is 3.00 bits per heavy atom. The fourth-order valence-electron chi connectivity index (χ4n) is 2.20. The van der Waals surface area contributed by atoms with Crippen molar-refractivity contribution in [2.45, 2.75) is 13.0 Å². The lowest BCUT2D eigenvalue weighted by Gasteiger charge is -2.18. The first kappa shape index (κ1) is 11.8. The Balaban J connectivity index is 2.20. The summed E-state index contributed by atoms with van der Waals surface area (Å²) in [6.45, 7) is 1.29. The van der Waals surface area contributed by atoms with Gasteiger partial charge in [0.25, 0.3) is 0 Å². The molecule has 1 aliphatic rings. The minimum absolute atomic E-state index is 0.0650. The van der Waals surface area contributed by atoms with E-state index in [-0.39, 0.29) is 5.69 Å². The Kier molecular flexibility index (Phi) is 2.75. The molecule has 0 radical (unpaired) electrons. The number of aromatic carboxylic acids is 1. The fourth-order valence-corrected chi connectivity index (χ4v) is 2.20. The smallest absolute Gasteiger partial charge is 0.354 e. The SMILES string of the molecule is Cn1ccnc1-c1nc2c(c(C(=O)O)n1)CNCC2. The lowest BCUT2D eigenvalue weighted by Crippen LogP contribution is -2.28. The molecule has 98 valence electrons. The molecule has 0 saturated carbocycles. The largest absolute Gasteiger partial charge is 0.476 e. The molecule has 19 heavy (non-hydrogen) atoms. The van der Waals surface area contributed by atoms with Crippen LogP contribution in [-0.4, -0.2) is 37.1 Å². The summed E-state index contributed by atoms with van der Waals surface area (Å²) in [5.41, 5.74) is 1.54. The molecule has 2 aromatic heterocycles. The number of hydrogen-bond acceptors (Lipinski definition) is 5. The highest BCUT2D eigenvalue weighted by atomic mass is 16.4. The number of carboxylic acid groups (broad SMARTS) is 1. The highest BCUT2D eigenvalue weighted by Crippen LogP contribution is 2.20. The molecule has 2 N–H and O–H groups in total. The predicted molar refractivity (Wildman–Crippen MR) is 66.6 cm³/mol. The van der Waals surface area contributed by atoms with Crippen LogP contribution in [0.1, 0.15) is 21.7 Å². The summed E-state index contributed by atoms with van der Waals surface area (Å²) in [5, 5.41) is 12.4. The number of aryl methyl sites for hydroxylation is 1. The normalized spacial score (nSPS) is 14.2. The summed E-state index contributed by atoms with van der Waals surface area (Å²) in [6.07, 6.45) is 4.12. The average molecular weight is 259 g/mol. The van der Waals surface area contributed by atoms with Crippen LogP contribution in [0.2, 0.25) is 0 Å². The molecule has 0 spiro atoms. The van der Waals surface area contributed by atoms with Gasteiger partial charge in [0.15, 0.2) is 17.3 Å². The molecule has 0 amide bonds. The van der Waals surface area contributed by atoms with E-state index in [0.717, 1.165) is 12.2 Å². The second kappa shape index (κ2) is 4.43. The summed E-state index contributed by atoms with van der Waals surface area (Å²) < 4.78 is 1.77. The van der Waals surface area contributed by atoms with Gasteiger partial charge in [0.2, 0.25) is 0 Å². The van der Waals surface area contributed by atoms with Gasteiger partial charge in [-0.05, 0) is 0 Å². The standard InChI is InChI=1S/C12H13N5O2/c1-17-5-4-14-11(17)10-15-8-2-3-13-6-7(8)9(16-10)12(18)19/h4-5,13H,2-3,6H2,1H3,(H,18,19). The molecule has 0 atom stereocenters. The third kappa shape index (κ3) is 1.97. The van der Waals surface area contributed by atoms with Gasteiger partial charge in [-0.2, -0.15) is 0 Å². The third-order valence-corrected chi connectivity index (χ3v) is 3.16. The van der Waals surface area contributed by atoms with Crippen molar-refractivity contribution in [3.8, 4) is 11.6 Å². The summed E-state index contributed by atoms with van der Waals surface area (Å²) in [5.74, 6) is -0.0906. The third-order valence-electron chi connectivity index (χ3n) is 3.16. The highest BCUT2D eigenvalue weighted by molar-refractivity contribution is 5.88. The Morgan fingerprint density at radius 1 is 1.47 bits per heavy atom. The second-order valence-corrected chi connectivity index (χ2v) is 4.41. The summed E-state index contributed by atoms with van der Waals surface area (Å²) in [4.78, 5) is 24.1. The van der Waals surface area contributed by atoms with E-state index in [4.69, 9.17) is 0 Å². The summed E-state index contributed by atoms with van der Waals surface area (Å²) in [6, 6.07) is 0. The highest BCUT2D eigenvalue weighted by Gasteiger charge is 2.23. The number of nitrogens with one attached hydrogen (secondary N) is 1. The molecule has 3 heterocycles. The fraction of sp³-hybridized carbons (Fsp3) is 0.333. The van der Waals surface area contributed by atoms with Crippen LogP contribution in [0.25, 0.3) is 11.6 Å². The second-order valence-electron chi connectivity index (χ2n) is 4.41. The number of carbonyl (C=O) groups is 1. The molecule has 7 heteroatoms. The van der Waals surface area contributed by atoms with Crippen LogP contribution in [-0.2, 0) is 20.0 Å². The molecular formula is C12H13N5O2. The Morgan fingerprint density at radius 2 is 2.32 bits per heavy atom. The van der Waals surface area contributed by atoms with E-state index in [2.05, 4.69) is 20.3 Å². The van der Waals surface area contributed by atoms with Crippen LogP contribution in [0, 0.1) is 0 Å². The van der Waals surface area contributed by atoms with Gasteiger partial charge in [-0.25, -0.2) is 19.7 Å². The van der Waals surface area contributed by atoms with Crippen LogP contribution < -0.4 is 5.32 Å². The number of nitrogens with zero attached hydrogens (tertiary/aromatic N) is 4. The molecule has 3 rings (SSSR count). The van der Waals surface area contributed by atoms with E-state index in [1.54, 1.807) is 17.0 Å². The monoisotopic (exact) mass is 259 g/mol. The molecule has 7 nitrogen and oxygen atoms in total. The maximum absolute atomic E-state index is 11.3. The van der Waals surface area contributed by atoms with E-state index in [0.29, 0.717) is 30.2 Å². The van der Waals surface area contributed by atoms with Crippen molar-refractivity contribution in [2.75, 3.05) is 6.54 Å². The van der Waals surface area contributed by atoms with Crippen LogP contribution in [0.5, 0.6) is 0 Å². The molecule has 0 aromatic carbocycles. The van der Waals surface area contributed by atoms with Gasteiger partial charge >= 0.3 is 5.97 Å². The van der Waals surface area contributed by atoms with Crippen LogP contribution >= 0.6 is 0 Å². The number of hydrogen-bond donors (Lipinski definition) is 2. The maximum atomic E-state index is 11.3. The Bertz CT molecular complexity index is 650. The van der Waals surface area contributed by atoms with Gasteiger partial charge in [0.05, 0.1) is 5.69 Å². The predicted octanol–water partition coefficient (Wildman–Crippen LogP) is 0.221. The van der Waals surface area contributed by atoms with Crippen molar-refractivity contribution in [2.24, 2.45) is 7.05 Å². The first-order valence-electron chi connectivity index (χ1n) is 5.98. The minimum Gasteiger partial charge on any atom is -0.476 e. The van der Waals surface area contributed by atoms with Crippen LogP contribution in [0.15, 0.2) is 12.4 Å². The maximum Gasteiger partial charge on any atom is 0.354 e. The van der Waals surface area contributed by atoms with Crippen molar-refractivity contribution in [1.82, 2.24) is 24.8 Å². The quantitative estimate of drug-likeness (QED) is 0.801.